The molecular formula is C13H17F2NO3. The molecule has 1 aromatic carbocycles. The average molecular weight is 273 g/mol. The number of hydrogen-bond donors (Lipinski definition) is 2. The van der Waals surface area contributed by atoms with Gasteiger partial charge in [0.15, 0.2) is 0 Å². The lowest BCUT2D eigenvalue weighted by Crippen LogP contribution is -2.32. The predicted octanol–water partition coefficient (Wildman–Crippen LogP) is 3.35. The minimum Gasteiger partial charge on any atom is -0.507 e. The van der Waals surface area contributed by atoms with Crippen LogP contribution in [0.1, 0.15) is 38.3 Å². The molecule has 0 aliphatic heterocycles. The summed E-state index contributed by atoms with van der Waals surface area (Å²) in [5, 5.41) is 12.0. The number of alkyl halides is 2. The molecule has 6 heteroatoms. The van der Waals surface area contributed by atoms with Crippen LogP contribution in [0.25, 0.3) is 0 Å². The normalized spacial score (nSPS) is 11.5. The smallest absolute Gasteiger partial charge is 0.407 e. The van der Waals surface area contributed by atoms with Crippen LogP contribution in [0.4, 0.5) is 13.6 Å². The third-order valence-electron chi connectivity index (χ3n) is 2.21. The van der Waals surface area contributed by atoms with Gasteiger partial charge in [-0.1, -0.05) is 12.1 Å². The maximum atomic E-state index is 12.6. The molecule has 106 valence electrons. The summed E-state index contributed by atoms with van der Waals surface area (Å²) < 4.78 is 30.1. The molecule has 19 heavy (non-hydrogen) atoms. The Labute approximate surface area is 110 Å². The van der Waals surface area contributed by atoms with Crippen LogP contribution >= 0.6 is 0 Å². The lowest BCUT2D eigenvalue weighted by Gasteiger charge is -2.20. The van der Waals surface area contributed by atoms with E-state index in [1.165, 1.54) is 12.1 Å². The molecule has 2 N–H and O–H groups in total. The molecule has 4 nitrogen and oxygen atoms in total. The summed E-state index contributed by atoms with van der Waals surface area (Å²) in [4.78, 5) is 11.4. The number of nitrogens with one attached hydrogen (secondary N) is 1. The first-order valence-corrected chi connectivity index (χ1v) is 5.76. The van der Waals surface area contributed by atoms with Crippen molar-refractivity contribution in [2.75, 3.05) is 0 Å². The summed E-state index contributed by atoms with van der Waals surface area (Å²) in [6.07, 6.45) is -3.43. The molecule has 0 aliphatic rings. The van der Waals surface area contributed by atoms with Gasteiger partial charge in [-0.05, 0) is 26.8 Å². The molecule has 1 rings (SSSR count). The number of carbonyl (C=O) groups is 1. The van der Waals surface area contributed by atoms with Gasteiger partial charge in [-0.15, -0.1) is 0 Å². The molecule has 0 heterocycles. The van der Waals surface area contributed by atoms with Crippen LogP contribution < -0.4 is 5.32 Å². The van der Waals surface area contributed by atoms with Crippen molar-refractivity contribution in [1.29, 1.82) is 0 Å². The maximum Gasteiger partial charge on any atom is 0.407 e. The van der Waals surface area contributed by atoms with Crippen molar-refractivity contribution < 1.29 is 23.4 Å². The molecule has 1 aromatic rings. The van der Waals surface area contributed by atoms with E-state index in [4.69, 9.17) is 4.74 Å². The number of amides is 1. The first kappa shape index (κ1) is 15.2. The van der Waals surface area contributed by atoms with Crippen molar-refractivity contribution in [3.63, 3.8) is 0 Å². The summed E-state index contributed by atoms with van der Waals surface area (Å²) >= 11 is 0. The van der Waals surface area contributed by atoms with Gasteiger partial charge >= 0.3 is 6.09 Å². The number of phenols is 1. The molecule has 0 fully saturated rings. The van der Waals surface area contributed by atoms with Crippen LogP contribution in [0.2, 0.25) is 0 Å². The molecule has 0 spiro atoms. The highest BCUT2D eigenvalue weighted by molar-refractivity contribution is 5.67. The summed E-state index contributed by atoms with van der Waals surface area (Å²) in [6, 6.07) is 3.99. The van der Waals surface area contributed by atoms with E-state index >= 15 is 0 Å². The second-order valence-electron chi connectivity index (χ2n) is 5.01. The number of hydrogen-bond acceptors (Lipinski definition) is 3. The first-order valence-electron chi connectivity index (χ1n) is 5.76. The summed E-state index contributed by atoms with van der Waals surface area (Å²) in [6.45, 7) is 5.05. The Morgan fingerprint density at radius 1 is 1.42 bits per heavy atom. The van der Waals surface area contributed by atoms with Gasteiger partial charge in [-0.25, -0.2) is 13.6 Å². The molecule has 0 bridgehead atoms. The van der Waals surface area contributed by atoms with E-state index in [-0.39, 0.29) is 12.1 Å². The molecule has 0 radical (unpaired) electrons. The van der Waals surface area contributed by atoms with Gasteiger partial charge in [0.2, 0.25) is 0 Å². The zero-order valence-corrected chi connectivity index (χ0v) is 11.0. The third kappa shape index (κ3) is 4.73. The molecule has 0 atom stereocenters. The Kier molecular flexibility index (Phi) is 4.69. The van der Waals surface area contributed by atoms with Gasteiger partial charge in [0.05, 0.1) is 5.56 Å². The maximum absolute atomic E-state index is 12.6. The van der Waals surface area contributed by atoms with Crippen molar-refractivity contribution >= 4 is 6.09 Å². The van der Waals surface area contributed by atoms with Gasteiger partial charge in [-0.2, -0.15) is 0 Å². The number of para-hydroxylation sites is 1. The molecule has 0 saturated heterocycles. The number of aromatic hydroxyl groups is 1. The second kappa shape index (κ2) is 5.86. The van der Waals surface area contributed by atoms with Crippen LogP contribution in [0.15, 0.2) is 18.2 Å². The molecule has 1 amide bonds. The number of rotatable bonds is 3. The van der Waals surface area contributed by atoms with E-state index in [0.29, 0.717) is 0 Å². The van der Waals surface area contributed by atoms with Gasteiger partial charge in [-0.3, -0.25) is 0 Å². The topological polar surface area (TPSA) is 58.6 Å². The third-order valence-corrected chi connectivity index (χ3v) is 2.21. The fourth-order valence-electron chi connectivity index (χ4n) is 1.41. The van der Waals surface area contributed by atoms with Crippen LogP contribution in [-0.2, 0) is 11.3 Å². The van der Waals surface area contributed by atoms with Crippen LogP contribution in [0.3, 0.4) is 0 Å². The monoisotopic (exact) mass is 273 g/mol. The fraction of sp³-hybridized carbons (Fsp3) is 0.462. The summed E-state index contributed by atoms with van der Waals surface area (Å²) in [5.74, 6) is -0.506. The van der Waals surface area contributed by atoms with Gasteiger partial charge in [0, 0.05) is 12.1 Å². The van der Waals surface area contributed by atoms with E-state index in [1.54, 1.807) is 20.8 Å². The number of ether oxygens (including phenoxy) is 1. The van der Waals surface area contributed by atoms with Crippen molar-refractivity contribution in [1.82, 2.24) is 5.32 Å². The van der Waals surface area contributed by atoms with Crippen molar-refractivity contribution in [3.8, 4) is 5.75 Å². The van der Waals surface area contributed by atoms with E-state index < -0.39 is 29.4 Å². The summed E-state index contributed by atoms with van der Waals surface area (Å²) in [7, 11) is 0. The minimum atomic E-state index is -2.76. The number of phenolic OH excluding ortho intramolecular Hbond substituents is 1. The highest BCUT2D eigenvalue weighted by Gasteiger charge is 2.18. The number of halogens is 2. The quantitative estimate of drug-likeness (QED) is 0.887. The van der Waals surface area contributed by atoms with Crippen molar-refractivity contribution in [3.05, 3.63) is 29.3 Å². The lowest BCUT2D eigenvalue weighted by atomic mass is 10.1. The Hall–Kier alpha value is -1.85. The Bertz CT molecular complexity index is 456. The largest absolute Gasteiger partial charge is 0.507 e. The lowest BCUT2D eigenvalue weighted by molar-refractivity contribution is 0.0523. The van der Waals surface area contributed by atoms with Crippen molar-refractivity contribution in [2.24, 2.45) is 0 Å². The Balaban J connectivity index is 2.69. The molecular weight excluding hydrogens is 256 g/mol. The van der Waals surface area contributed by atoms with Gasteiger partial charge in [0.25, 0.3) is 6.43 Å². The zero-order valence-electron chi connectivity index (χ0n) is 11.0. The second-order valence-corrected chi connectivity index (χ2v) is 5.01. The predicted molar refractivity (Wildman–Crippen MR) is 66.1 cm³/mol. The number of benzene rings is 1. The highest BCUT2D eigenvalue weighted by atomic mass is 19.3. The van der Waals surface area contributed by atoms with E-state index in [0.717, 1.165) is 6.07 Å². The summed E-state index contributed by atoms with van der Waals surface area (Å²) in [5.41, 5.74) is -0.885. The Morgan fingerprint density at radius 3 is 2.58 bits per heavy atom. The first-order chi connectivity index (χ1) is 8.70. The number of alkyl carbamates (subject to hydrolysis) is 1. The number of carbonyl (C=O) groups excluding carboxylic acids is 1. The molecule has 0 unspecified atom stereocenters. The SMILES string of the molecule is CC(C)(C)OC(=O)NCc1cccc(C(F)F)c1O. The average Bonchev–Trinajstić information content (AvgIpc) is 2.24. The molecule has 0 saturated carbocycles. The van der Waals surface area contributed by atoms with Crippen LogP contribution in [0, 0.1) is 0 Å². The van der Waals surface area contributed by atoms with E-state index in [9.17, 15) is 18.7 Å². The highest BCUT2D eigenvalue weighted by Crippen LogP contribution is 2.30. The Morgan fingerprint density at radius 2 is 2.05 bits per heavy atom. The van der Waals surface area contributed by atoms with E-state index in [2.05, 4.69) is 5.32 Å². The standard InChI is InChI=1S/C13H17F2NO3/c1-13(2,3)19-12(18)16-7-8-5-4-6-9(10(8)17)11(14)15/h4-6,11,17H,7H2,1-3H3,(H,16,18). The van der Waals surface area contributed by atoms with Gasteiger partial charge < -0.3 is 15.2 Å². The minimum absolute atomic E-state index is 0.0820. The molecule has 0 aromatic heterocycles. The molecule has 0 aliphatic carbocycles. The van der Waals surface area contributed by atoms with E-state index in [1.807, 2.05) is 0 Å². The van der Waals surface area contributed by atoms with Crippen LogP contribution in [0.5, 0.6) is 5.75 Å². The van der Waals surface area contributed by atoms with Crippen molar-refractivity contribution in [2.45, 2.75) is 39.3 Å². The van der Waals surface area contributed by atoms with Gasteiger partial charge in [0.1, 0.15) is 11.4 Å². The zero-order chi connectivity index (χ0) is 14.6. The fourth-order valence-corrected chi connectivity index (χ4v) is 1.41. The van der Waals surface area contributed by atoms with Crippen LogP contribution in [-0.4, -0.2) is 16.8 Å².